The zero-order chi connectivity index (χ0) is 14.5. The van der Waals surface area contributed by atoms with Gasteiger partial charge in [-0.1, -0.05) is 25.1 Å². The first kappa shape index (κ1) is 14.9. The summed E-state index contributed by atoms with van der Waals surface area (Å²) in [7, 11) is 0. The molecule has 0 amide bonds. The number of nitrogens with zero attached hydrogens (tertiary/aromatic N) is 1. The molecule has 4 heteroatoms. The van der Waals surface area contributed by atoms with Gasteiger partial charge in [-0.25, -0.2) is 0 Å². The number of hydrogen-bond donors (Lipinski definition) is 1. The van der Waals surface area contributed by atoms with E-state index < -0.39 is 0 Å². The van der Waals surface area contributed by atoms with Gasteiger partial charge in [-0.05, 0) is 19.0 Å². The highest BCUT2D eigenvalue weighted by Gasteiger charge is 2.18. The van der Waals surface area contributed by atoms with Crippen LogP contribution in [0.15, 0.2) is 28.7 Å². The molecule has 0 radical (unpaired) electrons. The van der Waals surface area contributed by atoms with Crippen molar-refractivity contribution in [2.75, 3.05) is 31.1 Å². The van der Waals surface area contributed by atoms with Gasteiger partial charge in [0.1, 0.15) is 11.3 Å². The van der Waals surface area contributed by atoms with Crippen LogP contribution in [-0.2, 0) is 13.1 Å². The van der Waals surface area contributed by atoms with E-state index in [9.17, 15) is 0 Å². The fourth-order valence-electron chi connectivity index (χ4n) is 2.82. The molecular weight excluding hydrogens is 280 g/mol. The van der Waals surface area contributed by atoms with Gasteiger partial charge >= 0.3 is 0 Å². The number of hydrogen-bond acceptors (Lipinski definition) is 4. The molecular formula is C17H24N2OS. The van der Waals surface area contributed by atoms with Crippen molar-refractivity contribution in [3.63, 3.8) is 0 Å². The van der Waals surface area contributed by atoms with Gasteiger partial charge < -0.3 is 9.73 Å². The zero-order valence-corrected chi connectivity index (χ0v) is 13.5. The highest BCUT2D eigenvalue weighted by molar-refractivity contribution is 7.99. The zero-order valence-electron chi connectivity index (χ0n) is 12.7. The van der Waals surface area contributed by atoms with E-state index in [1.54, 1.807) is 0 Å². The molecule has 1 fully saturated rings. The van der Waals surface area contributed by atoms with E-state index in [1.807, 2.05) is 0 Å². The Bertz CT molecular complexity index is 575. The van der Waals surface area contributed by atoms with Gasteiger partial charge in [-0.3, -0.25) is 4.90 Å². The Morgan fingerprint density at radius 2 is 2.05 bits per heavy atom. The minimum absolute atomic E-state index is 0.906. The fraction of sp³-hybridized carbons (Fsp3) is 0.529. The van der Waals surface area contributed by atoms with E-state index in [0.717, 1.165) is 37.4 Å². The monoisotopic (exact) mass is 304 g/mol. The summed E-state index contributed by atoms with van der Waals surface area (Å²) in [6.45, 7) is 7.44. The normalized spacial score (nSPS) is 16.6. The summed E-state index contributed by atoms with van der Waals surface area (Å²) in [6, 6.07) is 8.41. The number of thioether (sulfide) groups is 1. The molecule has 2 heterocycles. The Kier molecular flexibility index (Phi) is 5.22. The van der Waals surface area contributed by atoms with Gasteiger partial charge in [-0.15, -0.1) is 0 Å². The summed E-state index contributed by atoms with van der Waals surface area (Å²) >= 11 is 2.05. The molecule has 0 bridgehead atoms. The van der Waals surface area contributed by atoms with Gasteiger partial charge in [0.2, 0.25) is 0 Å². The predicted octanol–water partition coefficient (Wildman–Crippen LogP) is 3.48. The van der Waals surface area contributed by atoms with Crippen molar-refractivity contribution in [1.29, 1.82) is 0 Å². The lowest BCUT2D eigenvalue weighted by molar-refractivity contribution is 0.269. The van der Waals surface area contributed by atoms with E-state index in [-0.39, 0.29) is 0 Å². The molecule has 0 atom stereocenters. The Morgan fingerprint density at radius 1 is 1.24 bits per heavy atom. The van der Waals surface area contributed by atoms with Crippen molar-refractivity contribution in [1.82, 2.24) is 10.2 Å². The van der Waals surface area contributed by atoms with Crippen molar-refractivity contribution >= 4 is 22.7 Å². The summed E-state index contributed by atoms with van der Waals surface area (Å²) in [4.78, 5) is 2.51. The van der Waals surface area contributed by atoms with Gasteiger partial charge in [0.25, 0.3) is 0 Å². The summed E-state index contributed by atoms with van der Waals surface area (Å²) < 4.78 is 6.14. The first-order chi connectivity index (χ1) is 10.4. The average Bonchev–Trinajstić information content (AvgIpc) is 2.86. The van der Waals surface area contributed by atoms with Crippen LogP contribution < -0.4 is 5.32 Å². The molecule has 1 N–H and O–H groups in total. The number of rotatable bonds is 6. The predicted molar refractivity (Wildman–Crippen MR) is 90.8 cm³/mol. The average molecular weight is 304 g/mol. The standard InChI is InChI=1S/C17H24N2OS/c1-2-7-18-12-15-14-5-3-4-6-16(14)20-17(15)13-19-8-10-21-11-9-19/h3-6,18H,2,7-13H2,1H3. The van der Waals surface area contributed by atoms with Crippen molar-refractivity contribution in [3.8, 4) is 0 Å². The lowest BCUT2D eigenvalue weighted by Gasteiger charge is -2.25. The van der Waals surface area contributed by atoms with Crippen molar-refractivity contribution in [2.24, 2.45) is 0 Å². The smallest absolute Gasteiger partial charge is 0.134 e. The van der Waals surface area contributed by atoms with Gasteiger partial charge in [0.15, 0.2) is 0 Å². The number of benzene rings is 1. The van der Waals surface area contributed by atoms with E-state index in [2.05, 4.69) is 53.2 Å². The molecule has 114 valence electrons. The summed E-state index contributed by atoms with van der Waals surface area (Å²) in [5.74, 6) is 3.62. The third-order valence-corrected chi connectivity index (χ3v) is 4.92. The minimum Gasteiger partial charge on any atom is -0.459 e. The van der Waals surface area contributed by atoms with Crippen LogP contribution in [-0.4, -0.2) is 36.0 Å². The number of para-hydroxylation sites is 1. The molecule has 1 aliphatic heterocycles. The molecule has 0 unspecified atom stereocenters. The second kappa shape index (κ2) is 7.34. The van der Waals surface area contributed by atoms with Crippen LogP contribution in [0.25, 0.3) is 11.0 Å². The SMILES string of the molecule is CCCNCc1c(CN2CCSCC2)oc2ccccc12. The molecule has 3 nitrogen and oxygen atoms in total. The van der Waals surface area contributed by atoms with Gasteiger partial charge in [0.05, 0.1) is 6.54 Å². The minimum atomic E-state index is 0.906. The van der Waals surface area contributed by atoms with Crippen LogP contribution in [0.1, 0.15) is 24.7 Å². The highest BCUT2D eigenvalue weighted by atomic mass is 32.2. The van der Waals surface area contributed by atoms with Crippen LogP contribution in [0.4, 0.5) is 0 Å². The van der Waals surface area contributed by atoms with Gasteiger partial charge in [-0.2, -0.15) is 11.8 Å². The number of nitrogens with one attached hydrogen (secondary N) is 1. The summed E-state index contributed by atoms with van der Waals surface area (Å²) in [5.41, 5.74) is 2.37. The maximum absolute atomic E-state index is 6.14. The first-order valence-corrected chi connectivity index (χ1v) is 9.04. The lowest BCUT2D eigenvalue weighted by Crippen LogP contribution is -2.32. The molecule has 0 spiro atoms. The molecule has 3 rings (SSSR count). The third kappa shape index (κ3) is 3.62. The molecule has 2 aromatic rings. The Labute approximate surface area is 131 Å². The van der Waals surface area contributed by atoms with Gasteiger partial charge in [0, 0.05) is 42.1 Å². The Balaban J connectivity index is 1.82. The molecule has 1 saturated heterocycles. The number of fused-ring (bicyclic) bond motifs is 1. The molecule has 21 heavy (non-hydrogen) atoms. The lowest BCUT2D eigenvalue weighted by atomic mass is 10.1. The Morgan fingerprint density at radius 3 is 2.86 bits per heavy atom. The summed E-state index contributed by atoms with van der Waals surface area (Å²) in [5, 5.41) is 4.79. The van der Waals surface area contributed by atoms with Crippen LogP contribution in [0.3, 0.4) is 0 Å². The molecule has 1 aromatic heterocycles. The summed E-state index contributed by atoms with van der Waals surface area (Å²) in [6.07, 6.45) is 1.16. The highest BCUT2D eigenvalue weighted by Crippen LogP contribution is 2.27. The van der Waals surface area contributed by atoms with E-state index >= 15 is 0 Å². The van der Waals surface area contributed by atoms with E-state index in [4.69, 9.17) is 4.42 Å². The van der Waals surface area contributed by atoms with E-state index in [1.165, 1.54) is 35.5 Å². The molecule has 0 saturated carbocycles. The fourth-order valence-corrected chi connectivity index (χ4v) is 3.80. The molecule has 0 aliphatic carbocycles. The second-order valence-electron chi connectivity index (χ2n) is 5.57. The topological polar surface area (TPSA) is 28.4 Å². The van der Waals surface area contributed by atoms with Crippen LogP contribution in [0, 0.1) is 0 Å². The van der Waals surface area contributed by atoms with Crippen molar-refractivity contribution in [2.45, 2.75) is 26.4 Å². The maximum atomic E-state index is 6.14. The number of furan rings is 1. The molecule has 1 aromatic carbocycles. The Hall–Kier alpha value is -0.970. The van der Waals surface area contributed by atoms with Crippen LogP contribution >= 0.6 is 11.8 Å². The quantitative estimate of drug-likeness (QED) is 0.827. The van der Waals surface area contributed by atoms with Crippen molar-refractivity contribution in [3.05, 3.63) is 35.6 Å². The second-order valence-corrected chi connectivity index (χ2v) is 6.79. The molecule has 1 aliphatic rings. The van der Waals surface area contributed by atoms with Crippen LogP contribution in [0.2, 0.25) is 0 Å². The maximum Gasteiger partial charge on any atom is 0.134 e. The van der Waals surface area contributed by atoms with Crippen LogP contribution in [0.5, 0.6) is 0 Å². The van der Waals surface area contributed by atoms with Crippen molar-refractivity contribution < 1.29 is 4.42 Å². The third-order valence-electron chi connectivity index (χ3n) is 3.98. The largest absolute Gasteiger partial charge is 0.459 e. The van der Waals surface area contributed by atoms with E-state index in [0.29, 0.717) is 0 Å². The first-order valence-electron chi connectivity index (χ1n) is 7.88.